The van der Waals surface area contributed by atoms with Gasteiger partial charge in [-0.15, -0.1) is 0 Å². The highest BCUT2D eigenvalue weighted by Crippen LogP contribution is 2.29. The molecule has 8 nitrogen and oxygen atoms in total. The number of nitro groups is 1. The first-order valence-electron chi connectivity index (χ1n) is 9.42. The Balaban J connectivity index is 1.75. The van der Waals surface area contributed by atoms with E-state index in [0.717, 1.165) is 29.7 Å². The van der Waals surface area contributed by atoms with Gasteiger partial charge in [-0.25, -0.2) is 0 Å². The van der Waals surface area contributed by atoms with Crippen LogP contribution in [-0.2, 0) is 4.79 Å². The smallest absolute Gasteiger partial charge is 0.293 e. The normalized spacial score (nSPS) is 12.9. The Labute approximate surface area is 169 Å². The van der Waals surface area contributed by atoms with Crippen LogP contribution in [0.3, 0.4) is 0 Å². The van der Waals surface area contributed by atoms with Crippen LogP contribution in [0, 0.1) is 24.0 Å². The van der Waals surface area contributed by atoms with Gasteiger partial charge in [0, 0.05) is 30.4 Å². The molecule has 0 atom stereocenters. The molecule has 0 aromatic heterocycles. The number of hydrogen-bond donors (Lipinski definition) is 2. The molecule has 1 fully saturated rings. The summed E-state index contributed by atoms with van der Waals surface area (Å²) >= 11 is 0. The largest absolute Gasteiger partial charge is 0.360 e. The van der Waals surface area contributed by atoms with Crippen LogP contribution in [0.5, 0.6) is 0 Å². The molecule has 1 saturated carbocycles. The molecule has 0 saturated heterocycles. The molecule has 1 aliphatic carbocycles. The Morgan fingerprint density at radius 1 is 1.17 bits per heavy atom. The number of anilines is 2. The van der Waals surface area contributed by atoms with Crippen molar-refractivity contribution in [1.82, 2.24) is 5.32 Å². The Kier molecular flexibility index (Phi) is 5.81. The maximum absolute atomic E-state index is 12.5. The molecule has 1 aliphatic rings. The van der Waals surface area contributed by atoms with Crippen LogP contribution in [0.1, 0.15) is 34.3 Å². The van der Waals surface area contributed by atoms with Gasteiger partial charge in [0.15, 0.2) is 0 Å². The van der Waals surface area contributed by atoms with E-state index >= 15 is 0 Å². The minimum Gasteiger partial charge on any atom is -0.360 e. The van der Waals surface area contributed by atoms with Crippen LogP contribution in [-0.4, -0.2) is 36.4 Å². The molecule has 2 aromatic rings. The van der Waals surface area contributed by atoms with Gasteiger partial charge in [0.1, 0.15) is 5.69 Å². The first-order chi connectivity index (χ1) is 13.8. The van der Waals surface area contributed by atoms with E-state index < -0.39 is 4.92 Å². The third-order valence-electron chi connectivity index (χ3n) is 4.88. The van der Waals surface area contributed by atoms with E-state index in [1.807, 2.05) is 32.0 Å². The summed E-state index contributed by atoms with van der Waals surface area (Å²) in [4.78, 5) is 37.2. The lowest BCUT2D eigenvalue weighted by Crippen LogP contribution is -2.31. The fourth-order valence-electron chi connectivity index (χ4n) is 3.12. The number of rotatable bonds is 7. The average molecular weight is 396 g/mol. The Hall–Kier alpha value is -3.42. The standard InChI is InChI=1S/C21H24N4O4/c1-13-5-4-6-14(2)20(13)23-19(26)12-24(3)17-10-7-15(11-18(17)25(28)29)21(27)22-16-8-9-16/h4-7,10-11,16H,8-9,12H2,1-3H3,(H,22,27)(H,23,26). The van der Waals surface area contributed by atoms with Crippen LogP contribution in [0.25, 0.3) is 0 Å². The van der Waals surface area contributed by atoms with Crippen molar-refractivity contribution in [3.8, 4) is 0 Å². The summed E-state index contributed by atoms with van der Waals surface area (Å²) in [7, 11) is 1.61. The summed E-state index contributed by atoms with van der Waals surface area (Å²) in [6.45, 7) is 3.74. The van der Waals surface area contributed by atoms with Crippen molar-refractivity contribution < 1.29 is 14.5 Å². The molecule has 0 radical (unpaired) electrons. The number of nitrogens with one attached hydrogen (secondary N) is 2. The summed E-state index contributed by atoms with van der Waals surface area (Å²) in [5, 5.41) is 17.2. The van der Waals surface area contributed by atoms with E-state index in [2.05, 4.69) is 10.6 Å². The number of nitrogens with zero attached hydrogens (tertiary/aromatic N) is 2. The summed E-state index contributed by atoms with van der Waals surface area (Å²) < 4.78 is 0. The lowest BCUT2D eigenvalue weighted by molar-refractivity contribution is -0.384. The van der Waals surface area contributed by atoms with Gasteiger partial charge in [-0.2, -0.15) is 0 Å². The van der Waals surface area contributed by atoms with Crippen LogP contribution in [0.4, 0.5) is 17.1 Å². The van der Waals surface area contributed by atoms with Gasteiger partial charge in [0.25, 0.3) is 11.6 Å². The molecule has 2 aromatic carbocycles. The highest BCUT2D eigenvalue weighted by Gasteiger charge is 2.26. The number of para-hydroxylation sites is 1. The third kappa shape index (κ3) is 4.90. The molecule has 0 bridgehead atoms. The lowest BCUT2D eigenvalue weighted by atomic mass is 10.1. The van der Waals surface area contributed by atoms with Crippen molar-refractivity contribution in [2.75, 3.05) is 23.8 Å². The Morgan fingerprint density at radius 2 is 1.83 bits per heavy atom. The van der Waals surface area contributed by atoms with Crippen LogP contribution in [0.2, 0.25) is 0 Å². The number of amides is 2. The number of benzene rings is 2. The van der Waals surface area contributed by atoms with Crippen LogP contribution < -0.4 is 15.5 Å². The Morgan fingerprint density at radius 3 is 2.41 bits per heavy atom. The van der Waals surface area contributed by atoms with Crippen molar-refractivity contribution in [3.63, 3.8) is 0 Å². The van der Waals surface area contributed by atoms with Crippen molar-refractivity contribution in [1.29, 1.82) is 0 Å². The quantitative estimate of drug-likeness (QED) is 0.552. The van der Waals surface area contributed by atoms with Crippen LogP contribution in [0.15, 0.2) is 36.4 Å². The third-order valence-corrected chi connectivity index (χ3v) is 4.88. The number of aryl methyl sites for hydroxylation is 2. The number of carbonyl (C=O) groups is 2. The van der Waals surface area contributed by atoms with E-state index in [0.29, 0.717) is 0 Å². The van der Waals surface area contributed by atoms with Crippen molar-refractivity contribution in [2.45, 2.75) is 32.7 Å². The summed E-state index contributed by atoms with van der Waals surface area (Å²) in [5.74, 6) is -0.604. The second kappa shape index (κ2) is 8.30. The molecule has 8 heteroatoms. The molecule has 152 valence electrons. The van der Waals surface area contributed by atoms with E-state index in [-0.39, 0.29) is 41.3 Å². The summed E-state index contributed by atoms with van der Waals surface area (Å²) in [6, 6.07) is 10.2. The first-order valence-corrected chi connectivity index (χ1v) is 9.42. The fraction of sp³-hybridized carbons (Fsp3) is 0.333. The monoisotopic (exact) mass is 396 g/mol. The van der Waals surface area contributed by atoms with Crippen LogP contribution >= 0.6 is 0 Å². The second-order valence-electron chi connectivity index (χ2n) is 7.38. The minimum absolute atomic E-state index is 0.0672. The summed E-state index contributed by atoms with van der Waals surface area (Å²) in [6.07, 6.45) is 1.87. The molecular formula is C21H24N4O4. The molecule has 0 heterocycles. The van der Waals surface area contributed by atoms with Gasteiger partial charge in [-0.1, -0.05) is 18.2 Å². The average Bonchev–Trinajstić information content (AvgIpc) is 3.48. The van der Waals surface area contributed by atoms with E-state index in [4.69, 9.17) is 0 Å². The number of likely N-dealkylation sites (N-methyl/N-ethyl adjacent to an activating group) is 1. The predicted molar refractivity (Wildman–Crippen MR) is 111 cm³/mol. The zero-order chi connectivity index (χ0) is 21.1. The number of nitro benzene ring substituents is 1. The molecular weight excluding hydrogens is 372 g/mol. The van der Waals surface area contributed by atoms with E-state index in [9.17, 15) is 19.7 Å². The van der Waals surface area contributed by atoms with Gasteiger partial charge >= 0.3 is 0 Å². The van der Waals surface area contributed by atoms with E-state index in [1.165, 1.54) is 17.0 Å². The Bertz CT molecular complexity index is 949. The van der Waals surface area contributed by atoms with Crippen molar-refractivity contribution >= 4 is 28.9 Å². The van der Waals surface area contributed by atoms with E-state index in [1.54, 1.807) is 13.1 Å². The van der Waals surface area contributed by atoms with Crippen molar-refractivity contribution in [3.05, 3.63) is 63.2 Å². The molecule has 2 N–H and O–H groups in total. The van der Waals surface area contributed by atoms with Gasteiger partial charge in [-0.3, -0.25) is 19.7 Å². The van der Waals surface area contributed by atoms with Gasteiger partial charge in [-0.05, 0) is 49.9 Å². The van der Waals surface area contributed by atoms with Gasteiger partial charge in [0.05, 0.1) is 11.5 Å². The molecule has 0 spiro atoms. The fourth-order valence-corrected chi connectivity index (χ4v) is 3.12. The zero-order valence-electron chi connectivity index (χ0n) is 16.7. The number of carbonyl (C=O) groups excluding carboxylic acids is 2. The van der Waals surface area contributed by atoms with Gasteiger partial charge in [0.2, 0.25) is 5.91 Å². The summed E-state index contributed by atoms with van der Waals surface area (Å²) in [5.41, 5.74) is 2.93. The topological polar surface area (TPSA) is 105 Å². The highest BCUT2D eigenvalue weighted by molar-refractivity contribution is 5.97. The molecule has 2 amide bonds. The van der Waals surface area contributed by atoms with Gasteiger partial charge < -0.3 is 15.5 Å². The maximum atomic E-state index is 12.5. The SMILES string of the molecule is Cc1cccc(C)c1NC(=O)CN(C)c1ccc(C(=O)NC2CC2)cc1[N+](=O)[O-]. The lowest BCUT2D eigenvalue weighted by Gasteiger charge is -2.20. The first kappa shape index (κ1) is 20.3. The molecule has 0 unspecified atom stereocenters. The number of hydrogen-bond acceptors (Lipinski definition) is 5. The molecule has 3 rings (SSSR count). The maximum Gasteiger partial charge on any atom is 0.293 e. The minimum atomic E-state index is -0.539. The second-order valence-corrected chi connectivity index (χ2v) is 7.38. The molecule has 0 aliphatic heterocycles. The van der Waals surface area contributed by atoms with Crippen molar-refractivity contribution in [2.24, 2.45) is 0 Å². The highest BCUT2D eigenvalue weighted by atomic mass is 16.6. The molecule has 29 heavy (non-hydrogen) atoms. The predicted octanol–water partition coefficient (Wildman–Crippen LogP) is 3.18. The zero-order valence-corrected chi connectivity index (χ0v) is 16.7.